The van der Waals surface area contributed by atoms with Crippen LogP contribution in [0, 0.1) is 0 Å². The molecule has 1 aliphatic heterocycles. The Labute approximate surface area is 164 Å². The first-order chi connectivity index (χ1) is 13.7. The number of allylic oxidation sites excluding steroid dienone is 2. The van der Waals surface area contributed by atoms with Crippen LogP contribution in [0.15, 0.2) is 16.9 Å². The lowest BCUT2D eigenvalue weighted by Gasteiger charge is -2.28. The molecule has 2 aliphatic carbocycles. The van der Waals surface area contributed by atoms with E-state index in [0.717, 1.165) is 74.9 Å². The van der Waals surface area contributed by atoms with E-state index in [4.69, 9.17) is 9.97 Å². The minimum Gasteiger partial charge on any atom is -0.342 e. The molecule has 6 heteroatoms. The molecule has 0 radical (unpaired) electrons. The summed E-state index contributed by atoms with van der Waals surface area (Å²) in [6.07, 6.45) is 12.8. The number of anilines is 1. The number of H-pyrrole nitrogens is 1. The number of carbonyl (C=O) groups is 1. The first-order valence-electron chi connectivity index (χ1n) is 10.6. The molecule has 0 aromatic carbocycles. The summed E-state index contributed by atoms with van der Waals surface area (Å²) in [5.74, 6) is 0.955. The SMILES string of the molecule is O=C1CCCc2nc3nc(N4CCCCC4)[nH]c(=O)c3c([C@@H]3CC=CCC3)c21. The van der Waals surface area contributed by atoms with Gasteiger partial charge in [-0.2, -0.15) is 4.98 Å². The van der Waals surface area contributed by atoms with Gasteiger partial charge in [-0.15, -0.1) is 0 Å². The zero-order chi connectivity index (χ0) is 19.1. The van der Waals surface area contributed by atoms with Crippen LogP contribution in [0.25, 0.3) is 11.0 Å². The molecule has 0 spiro atoms. The highest BCUT2D eigenvalue weighted by Crippen LogP contribution is 2.38. The Morgan fingerprint density at radius 2 is 1.86 bits per heavy atom. The molecule has 28 heavy (non-hydrogen) atoms. The second kappa shape index (κ2) is 7.15. The van der Waals surface area contributed by atoms with Crippen molar-refractivity contribution in [2.45, 2.75) is 63.7 Å². The second-order valence-corrected chi connectivity index (χ2v) is 8.24. The summed E-state index contributed by atoms with van der Waals surface area (Å²) < 4.78 is 0. The average Bonchev–Trinajstić information content (AvgIpc) is 2.73. The smallest absolute Gasteiger partial charge is 0.262 e. The van der Waals surface area contributed by atoms with Gasteiger partial charge in [-0.1, -0.05) is 12.2 Å². The Bertz CT molecular complexity index is 1020. The first kappa shape index (κ1) is 17.6. The van der Waals surface area contributed by atoms with Crippen LogP contribution < -0.4 is 10.5 Å². The Kier molecular flexibility index (Phi) is 4.49. The van der Waals surface area contributed by atoms with E-state index in [2.05, 4.69) is 22.0 Å². The van der Waals surface area contributed by atoms with E-state index in [0.29, 0.717) is 23.4 Å². The molecule has 1 saturated heterocycles. The van der Waals surface area contributed by atoms with Crippen molar-refractivity contribution in [2.75, 3.05) is 18.0 Å². The summed E-state index contributed by atoms with van der Waals surface area (Å²) >= 11 is 0. The number of pyridine rings is 1. The van der Waals surface area contributed by atoms with Gasteiger partial charge in [-0.05, 0) is 62.8 Å². The predicted octanol–water partition coefficient (Wildman–Crippen LogP) is 3.65. The summed E-state index contributed by atoms with van der Waals surface area (Å²) in [5.41, 5.74) is 2.84. The van der Waals surface area contributed by atoms with E-state index in [1.165, 1.54) is 6.42 Å². The van der Waals surface area contributed by atoms with Gasteiger partial charge >= 0.3 is 0 Å². The minimum absolute atomic E-state index is 0.139. The summed E-state index contributed by atoms with van der Waals surface area (Å²) in [5, 5.41) is 0.537. The fourth-order valence-electron chi connectivity index (χ4n) is 4.99. The van der Waals surface area contributed by atoms with Crippen molar-refractivity contribution >= 4 is 22.8 Å². The summed E-state index contributed by atoms with van der Waals surface area (Å²) in [6.45, 7) is 1.83. The topological polar surface area (TPSA) is 79.0 Å². The van der Waals surface area contributed by atoms with Crippen LogP contribution in [-0.2, 0) is 6.42 Å². The molecule has 0 unspecified atom stereocenters. The Morgan fingerprint density at radius 3 is 2.64 bits per heavy atom. The molecule has 1 N–H and O–H groups in total. The molecule has 146 valence electrons. The molecule has 0 amide bonds. The van der Waals surface area contributed by atoms with Crippen LogP contribution in [0.2, 0.25) is 0 Å². The molecule has 2 aromatic heterocycles. The lowest BCUT2D eigenvalue weighted by molar-refractivity contribution is 0.0970. The normalized spacial score (nSPS) is 22.5. The van der Waals surface area contributed by atoms with E-state index >= 15 is 0 Å². The van der Waals surface area contributed by atoms with Crippen LogP contribution in [0.5, 0.6) is 0 Å². The maximum atomic E-state index is 13.2. The van der Waals surface area contributed by atoms with Crippen molar-refractivity contribution in [3.63, 3.8) is 0 Å². The summed E-state index contributed by atoms with van der Waals surface area (Å²) in [6, 6.07) is 0. The standard InChI is InChI=1S/C22H26N4O2/c27-16-11-7-10-15-18(16)17(14-8-3-1-4-9-14)19-20(23-15)24-22(25-21(19)28)26-12-5-2-6-13-26/h1,3,14H,2,4-13H2,(H,23,24,25,28)/t14-/m1/s1. The minimum atomic E-state index is -0.149. The third kappa shape index (κ3) is 2.95. The van der Waals surface area contributed by atoms with Gasteiger partial charge in [0.25, 0.3) is 5.56 Å². The first-order valence-corrected chi connectivity index (χ1v) is 10.6. The van der Waals surface area contributed by atoms with Crippen LogP contribution in [0.3, 0.4) is 0 Å². The van der Waals surface area contributed by atoms with Gasteiger partial charge in [-0.25, -0.2) is 4.98 Å². The molecule has 3 aliphatic rings. The van der Waals surface area contributed by atoms with Gasteiger partial charge in [-0.3, -0.25) is 14.6 Å². The molecule has 1 fully saturated rings. The fraction of sp³-hybridized carbons (Fsp3) is 0.545. The average molecular weight is 378 g/mol. The lowest BCUT2D eigenvalue weighted by atomic mass is 9.79. The number of rotatable bonds is 2. The van der Waals surface area contributed by atoms with E-state index in [1.807, 2.05) is 0 Å². The van der Waals surface area contributed by atoms with Gasteiger partial charge < -0.3 is 4.90 Å². The predicted molar refractivity (Wildman–Crippen MR) is 109 cm³/mol. The molecular formula is C22H26N4O2. The van der Waals surface area contributed by atoms with Crippen molar-refractivity contribution in [3.05, 3.63) is 39.3 Å². The molecule has 2 aromatic rings. The number of hydrogen-bond acceptors (Lipinski definition) is 5. The number of hydrogen-bond donors (Lipinski definition) is 1. The zero-order valence-corrected chi connectivity index (χ0v) is 16.2. The summed E-state index contributed by atoms with van der Waals surface area (Å²) in [7, 11) is 0. The molecule has 0 bridgehead atoms. The van der Waals surface area contributed by atoms with Gasteiger partial charge in [0.1, 0.15) is 0 Å². The number of aryl methyl sites for hydroxylation is 1. The van der Waals surface area contributed by atoms with E-state index in [-0.39, 0.29) is 17.3 Å². The molecule has 1 atom stereocenters. The molecule has 5 rings (SSSR count). The van der Waals surface area contributed by atoms with Crippen molar-refractivity contribution in [1.82, 2.24) is 15.0 Å². The monoisotopic (exact) mass is 378 g/mol. The van der Waals surface area contributed by atoms with Crippen LogP contribution >= 0.6 is 0 Å². The Morgan fingerprint density at radius 1 is 1.00 bits per heavy atom. The van der Waals surface area contributed by atoms with Crippen molar-refractivity contribution in [3.8, 4) is 0 Å². The van der Waals surface area contributed by atoms with Gasteiger partial charge in [0.15, 0.2) is 11.4 Å². The number of fused-ring (bicyclic) bond motifs is 2. The maximum absolute atomic E-state index is 13.2. The Balaban J connectivity index is 1.74. The quantitative estimate of drug-likeness (QED) is 0.807. The second-order valence-electron chi connectivity index (χ2n) is 8.24. The van der Waals surface area contributed by atoms with E-state index in [1.54, 1.807) is 0 Å². The van der Waals surface area contributed by atoms with Crippen LogP contribution in [-0.4, -0.2) is 33.8 Å². The van der Waals surface area contributed by atoms with Crippen LogP contribution in [0.4, 0.5) is 5.95 Å². The van der Waals surface area contributed by atoms with Gasteiger partial charge in [0.2, 0.25) is 5.95 Å². The molecule has 3 heterocycles. The highest BCUT2D eigenvalue weighted by Gasteiger charge is 2.30. The van der Waals surface area contributed by atoms with Crippen LogP contribution in [0.1, 0.15) is 78.9 Å². The Hall–Kier alpha value is -2.50. The third-order valence-electron chi connectivity index (χ3n) is 6.39. The van der Waals surface area contributed by atoms with Crippen molar-refractivity contribution < 1.29 is 4.79 Å². The van der Waals surface area contributed by atoms with E-state index < -0.39 is 0 Å². The number of piperidine rings is 1. The summed E-state index contributed by atoms with van der Waals surface area (Å²) in [4.78, 5) is 40.7. The fourth-order valence-corrected chi connectivity index (χ4v) is 4.99. The van der Waals surface area contributed by atoms with Crippen molar-refractivity contribution in [2.24, 2.45) is 0 Å². The number of Topliss-reactive ketones (excluding diaryl/α,β-unsaturated/α-hetero) is 1. The molecule has 6 nitrogen and oxygen atoms in total. The number of nitrogens with one attached hydrogen (secondary N) is 1. The number of aromatic nitrogens is 3. The number of ketones is 1. The van der Waals surface area contributed by atoms with E-state index in [9.17, 15) is 9.59 Å². The number of nitrogens with zero attached hydrogens (tertiary/aromatic N) is 3. The molecular weight excluding hydrogens is 352 g/mol. The maximum Gasteiger partial charge on any atom is 0.262 e. The van der Waals surface area contributed by atoms with Gasteiger partial charge in [0, 0.05) is 25.1 Å². The number of carbonyl (C=O) groups excluding carboxylic acids is 1. The zero-order valence-electron chi connectivity index (χ0n) is 16.2. The lowest BCUT2D eigenvalue weighted by Crippen LogP contribution is -2.33. The van der Waals surface area contributed by atoms with Crippen molar-refractivity contribution in [1.29, 1.82) is 0 Å². The highest BCUT2D eigenvalue weighted by molar-refractivity contribution is 6.03. The van der Waals surface area contributed by atoms with Gasteiger partial charge in [0.05, 0.1) is 11.1 Å². The number of aromatic amines is 1. The largest absolute Gasteiger partial charge is 0.342 e. The third-order valence-corrected chi connectivity index (χ3v) is 6.39. The molecule has 0 saturated carbocycles. The highest BCUT2D eigenvalue weighted by atomic mass is 16.1.